The number of benzene rings is 3. The quantitative estimate of drug-likeness (QED) is 0.147. The van der Waals surface area contributed by atoms with Gasteiger partial charge in [-0.2, -0.15) is 19.0 Å². The largest absolute Gasteiger partial charge is 0.344 e. The number of halogens is 7. The number of amides is 1. The highest BCUT2D eigenvalue weighted by atomic mass is 35.5. The number of carbonyl (C=O) groups is 1. The summed E-state index contributed by atoms with van der Waals surface area (Å²) in [5.74, 6) is -8.84. The Morgan fingerprint density at radius 1 is 1.04 bits per heavy atom. The summed E-state index contributed by atoms with van der Waals surface area (Å²) in [4.78, 5) is 33.8. The van der Waals surface area contributed by atoms with Gasteiger partial charge in [-0.25, -0.2) is 31.0 Å². The molecular formula is C37H31ClF6N8O4S. The summed E-state index contributed by atoms with van der Waals surface area (Å²) < 4.78 is 118. The third kappa shape index (κ3) is 6.49. The van der Waals surface area contributed by atoms with E-state index in [-0.39, 0.29) is 61.7 Å². The van der Waals surface area contributed by atoms with Crippen molar-refractivity contribution in [3.63, 3.8) is 0 Å². The normalized spacial score (nSPS) is 17.6. The fourth-order valence-corrected chi connectivity index (χ4v) is 8.70. The Labute approximate surface area is 324 Å². The lowest BCUT2D eigenvalue weighted by Crippen LogP contribution is -2.38. The van der Waals surface area contributed by atoms with Crippen LogP contribution in [0.1, 0.15) is 64.3 Å². The van der Waals surface area contributed by atoms with E-state index in [1.807, 2.05) is 0 Å². The summed E-state index contributed by atoms with van der Waals surface area (Å²) in [7, 11) is -2.42. The predicted molar refractivity (Wildman–Crippen MR) is 197 cm³/mol. The highest BCUT2D eigenvalue weighted by molar-refractivity contribution is 7.92. The number of hydrogen-bond acceptors (Lipinski definition) is 7. The van der Waals surface area contributed by atoms with Gasteiger partial charge in [-0.15, -0.1) is 0 Å². The van der Waals surface area contributed by atoms with Crippen molar-refractivity contribution in [1.82, 2.24) is 34.4 Å². The summed E-state index contributed by atoms with van der Waals surface area (Å²) in [6.07, 6.45) is -2.70. The van der Waals surface area contributed by atoms with E-state index < -0.39 is 87.7 Å². The summed E-state index contributed by atoms with van der Waals surface area (Å²) in [5.41, 5.74) is -1.12. The van der Waals surface area contributed by atoms with Crippen LogP contribution in [0.2, 0.25) is 5.02 Å². The zero-order chi connectivity index (χ0) is 41.0. The van der Waals surface area contributed by atoms with E-state index in [0.717, 1.165) is 23.0 Å². The fraction of sp³-hybridized carbons (Fsp3) is 0.324. The van der Waals surface area contributed by atoms with Crippen LogP contribution in [0.3, 0.4) is 0 Å². The van der Waals surface area contributed by atoms with Gasteiger partial charge in [0.15, 0.2) is 5.82 Å². The van der Waals surface area contributed by atoms with Crippen LogP contribution in [-0.4, -0.2) is 49.7 Å². The van der Waals surface area contributed by atoms with Crippen molar-refractivity contribution in [2.75, 3.05) is 11.0 Å². The molecule has 3 aromatic carbocycles. The van der Waals surface area contributed by atoms with Gasteiger partial charge in [-0.05, 0) is 67.1 Å². The lowest BCUT2D eigenvalue weighted by atomic mass is 10.0. The van der Waals surface area contributed by atoms with Gasteiger partial charge in [-0.1, -0.05) is 23.7 Å². The Hall–Kier alpha value is -5.43. The van der Waals surface area contributed by atoms with Gasteiger partial charge in [0.1, 0.15) is 35.4 Å². The van der Waals surface area contributed by atoms with Crippen LogP contribution < -0.4 is 15.6 Å². The molecule has 0 spiro atoms. The van der Waals surface area contributed by atoms with Crippen molar-refractivity contribution in [3.8, 4) is 5.69 Å². The molecule has 2 N–H and O–H groups in total. The van der Waals surface area contributed by atoms with E-state index >= 15 is 8.78 Å². The first-order valence-electron chi connectivity index (χ1n) is 17.4. The number of alkyl halides is 4. The van der Waals surface area contributed by atoms with Gasteiger partial charge >= 0.3 is 0 Å². The van der Waals surface area contributed by atoms with Gasteiger partial charge in [0.05, 0.1) is 44.8 Å². The molecule has 0 bridgehead atoms. The number of fused-ring (bicyclic) bond motifs is 5. The molecule has 0 saturated heterocycles. The van der Waals surface area contributed by atoms with Crippen LogP contribution in [-0.2, 0) is 40.8 Å². The first kappa shape index (κ1) is 38.4. The van der Waals surface area contributed by atoms with Crippen molar-refractivity contribution in [2.45, 2.75) is 57.5 Å². The summed E-state index contributed by atoms with van der Waals surface area (Å²) in [5, 5.41) is 11.0. The maximum Gasteiger partial charge on any atom is 0.293 e. The Kier molecular flexibility index (Phi) is 8.99. The van der Waals surface area contributed by atoms with Crippen molar-refractivity contribution < 1.29 is 39.6 Å². The number of aromatic nitrogens is 6. The molecule has 3 heterocycles. The average molecular weight is 833 g/mol. The molecule has 0 aliphatic heterocycles. The third-order valence-electron chi connectivity index (χ3n) is 10.4. The minimum absolute atomic E-state index is 0.00678. The number of nitrogens with zero attached hydrogens (tertiary/aromatic N) is 6. The summed E-state index contributed by atoms with van der Waals surface area (Å²) >= 11 is 6.60. The lowest BCUT2D eigenvalue weighted by molar-refractivity contribution is -0.123. The molecular weight excluding hydrogens is 802 g/mol. The maximum absolute atomic E-state index is 15.4. The molecule has 1 fully saturated rings. The van der Waals surface area contributed by atoms with Crippen molar-refractivity contribution in [1.29, 1.82) is 0 Å². The van der Waals surface area contributed by atoms with Crippen LogP contribution >= 0.6 is 11.6 Å². The Balaban J connectivity index is 1.34. The minimum atomic E-state index is -3.88. The van der Waals surface area contributed by atoms with E-state index in [9.17, 15) is 35.6 Å². The predicted octanol–water partition coefficient (Wildman–Crippen LogP) is 6.64. The molecule has 1 saturated carbocycles. The number of hydrogen-bond donors (Lipinski definition) is 2. The molecule has 298 valence electrons. The molecule has 3 aromatic heterocycles. The van der Waals surface area contributed by atoms with Crippen LogP contribution in [0.15, 0.2) is 47.3 Å². The highest BCUT2D eigenvalue weighted by Gasteiger charge is 2.67. The molecule has 57 heavy (non-hydrogen) atoms. The monoisotopic (exact) mass is 832 g/mol. The van der Waals surface area contributed by atoms with E-state index in [1.165, 1.54) is 23.9 Å². The summed E-state index contributed by atoms with van der Waals surface area (Å²) in [6, 6.07) is 7.39. The molecule has 20 heteroatoms. The second kappa shape index (κ2) is 13.3. The number of sulfonamides is 1. The topological polar surface area (TPSA) is 146 Å². The molecule has 3 atom stereocenters. The van der Waals surface area contributed by atoms with Gasteiger partial charge in [0.2, 0.25) is 15.9 Å². The van der Waals surface area contributed by atoms with Gasteiger partial charge in [0.25, 0.3) is 17.9 Å². The van der Waals surface area contributed by atoms with Crippen LogP contribution in [0.4, 0.5) is 32.2 Å². The van der Waals surface area contributed by atoms with E-state index in [4.69, 9.17) is 16.6 Å². The van der Waals surface area contributed by atoms with Crippen molar-refractivity contribution in [2.24, 2.45) is 13.0 Å². The molecule has 12 nitrogen and oxygen atoms in total. The zero-order valence-electron chi connectivity index (χ0n) is 30.3. The van der Waals surface area contributed by atoms with Gasteiger partial charge < -0.3 is 5.32 Å². The molecule has 0 unspecified atom stereocenters. The van der Waals surface area contributed by atoms with Crippen LogP contribution in [0.5, 0.6) is 0 Å². The number of nitrogens with one attached hydrogen (secondary N) is 2. The molecule has 2 aliphatic carbocycles. The molecule has 6 aromatic rings. The number of aryl methyl sites for hydroxylation is 3. The minimum Gasteiger partial charge on any atom is -0.344 e. The molecule has 2 aliphatic rings. The first-order valence-corrected chi connectivity index (χ1v) is 19.7. The highest BCUT2D eigenvalue weighted by Crippen LogP contribution is 2.68. The maximum atomic E-state index is 15.4. The van der Waals surface area contributed by atoms with Crippen molar-refractivity contribution in [3.05, 3.63) is 109 Å². The lowest BCUT2D eigenvalue weighted by Gasteiger charge is -2.24. The zero-order valence-corrected chi connectivity index (χ0v) is 31.9. The fourth-order valence-electron chi connectivity index (χ4n) is 7.97. The SMILES string of the molecule is Cc1ccc(C)c2c(=O)n(-c3ccc(Cl)c4c(NS(C)(=O)=O)nn(C)c34)c([C@H](Cc3cc(F)cc(F)c3)NC(=O)Cn3nc(C(F)F)c4c3C(F)(F)[C@@H]3C[C@H]43)nc12. The number of rotatable bonds is 10. The Morgan fingerprint density at radius 2 is 1.72 bits per heavy atom. The van der Waals surface area contributed by atoms with E-state index in [0.29, 0.717) is 21.9 Å². The van der Waals surface area contributed by atoms with Crippen LogP contribution in [0, 0.1) is 31.4 Å². The number of anilines is 1. The van der Waals surface area contributed by atoms with Gasteiger partial charge in [0, 0.05) is 31.0 Å². The summed E-state index contributed by atoms with van der Waals surface area (Å²) in [6.45, 7) is 2.41. The van der Waals surface area contributed by atoms with E-state index in [1.54, 1.807) is 26.0 Å². The standard InChI is InChI=1S/C37H31ClF6N8O4S/c1-15-5-6-16(2)29-26(15)36(54)52(24-8-7-22(38)28-31(24)50(3)48-34(28)49-57(4,55)56)35(46-29)23(11-17-9-18(39)12-19(40)10-17)45-25(53)14-51-32-27(30(47-51)33(41)42)20-13-21(20)37(32,43)44/h5-10,12,20-21,23,33H,11,13-14H2,1-4H3,(H,45,53)(H,48,49)/t20-,21+,23-/m0/s1. The van der Waals surface area contributed by atoms with Gasteiger partial charge in [-0.3, -0.25) is 28.2 Å². The smallest absolute Gasteiger partial charge is 0.293 e. The Bertz CT molecular complexity index is 2860. The third-order valence-corrected chi connectivity index (χ3v) is 11.2. The van der Waals surface area contributed by atoms with Crippen LogP contribution in [0.25, 0.3) is 27.5 Å². The molecule has 0 radical (unpaired) electrons. The first-order chi connectivity index (χ1) is 26.7. The number of carbonyl (C=O) groups excluding carboxylic acids is 1. The second-order valence-corrected chi connectivity index (χ2v) is 16.6. The second-order valence-electron chi connectivity index (χ2n) is 14.4. The Morgan fingerprint density at radius 3 is 2.39 bits per heavy atom. The van der Waals surface area contributed by atoms with Crippen molar-refractivity contribution >= 4 is 55.2 Å². The molecule has 8 rings (SSSR count). The average Bonchev–Trinajstić information content (AvgIpc) is 3.64. The van der Waals surface area contributed by atoms with E-state index in [2.05, 4.69) is 20.2 Å². The molecule has 1 amide bonds.